The maximum Gasteiger partial charge on any atom is 0.338 e. The van der Waals surface area contributed by atoms with E-state index in [1.54, 1.807) is 23.0 Å². The molecule has 5 heteroatoms. The molecule has 0 saturated carbocycles. The number of carbonyl (C=O) groups is 1. The number of rotatable bonds is 7. The van der Waals surface area contributed by atoms with Crippen LogP contribution in [-0.2, 0) is 4.74 Å². The van der Waals surface area contributed by atoms with Gasteiger partial charge in [-0.25, -0.2) is 9.48 Å². The highest BCUT2D eigenvalue weighted by atomic mass is 16.5. The molecule has 1 aromatic carbocycles. The first-order valence-electron chi connectivity index (χ1n) is 7.52. The van der Waals surface area contributed by atoms with Gasteiger partial charge in [0.25, 0.3) is 0 Å². The fourth-order valence-corrected chi connectivity index (χ4v) is 2.20. The number of esters is 1. The quantitative estimate of drug-likeness (QED) is 0.738. The third kappa shape index (κ3) is 4.70. The van der Waals surface area contributed by atoms with E-state index in [4.69, 9.17) is 4.74 Å². The largest absolute Gasteiger partial charge is 0.459 e. The first kappa shape index (κ1) is 16.2. The zero-order chi connectivity index (χ0) is 15.9. The van der Waals surface area contributed by atoms with Crippen LogP contribution in [0.1, 0.15) is 30.1 Å². The Bertz CT molecular complexity index is 594. The second-order valence-corrected chi connectivity index (χ2v) is 5.66. The highest BCUT2D eigenvalue weighted by Crippen LogP contribution is 2.13. The summed E-state index contributed by atoms with van der Waals surface area (Å²) in [5.74, 6) is -0.286. The second-order valence-electron chi connectivity index (χ2n) is 5.66. The van der Waals surface area contributed by atoms with Crippen molar-refractivity contribution in [1.82, 2.24) is 14.7 Å². The van der Waals surface area contributed by atoms with Crippen LogP contribution in [0.4, 0.5) is 0 Å². The van der Waals surface area contributed by atoms with E-state index in [9.17, 15) is 4.79 Å². The molecule has 0 bridgehead atoms. The summed E-state index contributed by atoms with van der Waals surface area (Å²) in [6, 6.07) is 9.15. The lowest BCUT2D eigenvalue weighted by atomic mass is 10.2. The smallest absolute Gasteiger partial charge is 0.338 e. The first-order valence-corrected chi connectivity index (χ1v) is 7.52. The molecule has 0 N–H and O–H groups in total. The van der Waals surface area contributed by atoms with Crippen molar-refractivity contribution < 1.29 is 9.53 Å². The van der Waals surface area contributed by atoms with Crippen LogP contribution in [0.15, 0.2) is 42.7 Å². The summed E-state index contributed by atoms with van der Waals surface area (Å²) in [6.45, 7) is 2.93. The minimum atomic E-state index is -0.286. The molecule has 0 amide bonds. The Morgan fingerprint density at radius 1 is 1.36 bits per heavy atom. The van der Waals surface area contributed by atoms with Gasteiger partial charge in [0.2, 0.25) is 0 Å². The maximum atomic E-state index is 12.2. The molecule has 0 radical (unpaired) electrons. The molecule has 0 saturated heterocycles. The third-order valence-corrected chi connectivity index (χ3v) is 3.38. The summed E-state index contributed by atoms with van der Waals surface area (Å²) in [4.78, 5) is 14.3. The van der Waals surface area contributed by atoms with Gasteiger partial charge in [-0.1, -0.05) is 6.07 Å². The molecule has 5 nitrogen and oxygen atoms in total. The van der Waals surface area contributed by atoms with E-state index in [1.165, 1.54) is 0 Å². The van der Waals surface area contributed by atoms with Gasteiger partial charge in [0.1, 0.15) is 0 Å². The molecule has 2 rings (SSSR count). The molecular formula is C17H23N3O2. The predicted molar refractivity (Wildman–Crippen MR) is 86.2 cm³/mol. The molecule has 1 atom stereocenters. The highest BCUT2D eigenvalue weighted by molar-refractivity contribution is 5.90. The second kappa shape index (κ2) is 7.75. The molecule has 1 unspecified atom stereocenters. The molecule has 0 spiro atoms. The monoisotopic (exact) mass is 301 g/mol. The van der Waals surface area contributed by atoms with Crippen molar-refractivity contribution in [2.75, 3.05) is 20.6 Å². The summed E-state index contributed by atoms with van der Waals surface area (Å²) >= 11 is 0. The normalized spacial score (nSPS) is 12.4. The number of nitrogens with zero attached hydrogens (tertiary/aromatic N) is 3. The summed E-state index contributed by atoms with van der Waals surface area (Å²) in [5.41, 5.74) is 1.40. The van der Waals surface area contributed by atoms with E-state index < -0.39 is 0 Å². The average molecular weight is 301 g/mol. The molecule has 0 aliphatic rings. The predicted octanol–water partition coefficient (Wildman–Crippen LogP) is 2.76. The average Bonchev–Trinajstić information content (AvgIpc) is 3.01. The third-order valence-electron chi connectivity index (χ3n) is 3.38. The Hall–Kier alpha value is -2.14. The lowest BCUT2D eigenvalue weighted by Crippen LogP contribution is -2.18. The molecule has 118 valence electrons. The van der Waals surface area contributed by atoms with Crippen LogP contribution in [0.3, 0.4) is 0 Å². The van der Waals surface area contributed by atoms with E-state index in [2.05, 4.69) is 10.00 Å². The van der Waals surface area contributed by atoms with Crippen molar-refractivity contribution in [1.29, 1.82) is 0 Å². The van der Waals surface area contributed by atoms with Crippen LogP contribution in [0.5, 0.6) is 0 Å². The number of hydrogen-bond acceptors (Lipinski definition) is 4. The number of carbonyl (C=O) groups excluding carboxylic acids is 1. The molecular weight excluding hydrogens is 278 g/mol. The van der Waals surface area contributed by atoms with Crippen LogP contribution >= 0.6 is 0 Å². The number of aromatic nitrogens is 2. The van der Waals surface area contributed by atoms with Crippen LogP contribution in [-0.4, -0.2) is 47.4 Å². The van der Waals surface area contributed by atoms with Gasteiger partial charge >= 0.3 is 5.97 Å². The minimum Gasteiger partial charge on any atom is -0.459 e. The molecule has 0 aliphatic heterocycles. The zero-order valence-electron chi connectivity index (χ0n) is 13.4. The summed E-state index contributed by atoms with van der Waals surface area (Å²) in [6.07, 6.45) is 5.34. The van der Waals surface area contributed by atoms with Gasteiger partial charge < -0.3 is 9.64 Å². The number of hydrogen-bond donors (Lipinski definition) is 0. The van der Waals surface area contributed by atoms with Crippen LogP contribution < -0.4 is 0 Å². The fraction of sp³-hybridized carbons (Fsp3) is 0.412. The zero-order valence-corrected chi connectivity index (χ0v) is 13.4. The molecule has 1 aromatic heterocycles. The molecule has 1 heterocycles. The molecule has 22 heavy (non-hydrogen) atoms. The fourth-order valence-electron chi connectivity index (χ4n) is 2.20. The Balaban J connectivity index is 1.94. The number of ether oxygens (including phenoxy) is 1. The SMILES string of the molecule is CC(CCCN(C)C)OC(=O)c1cccc(-n2cccn2)c1. The Morgan fingerprint density at radius 2 is 2.18 bits per heavy atom. The van der Waals surface area contributed by atoms with E-state index in [-0.39, 0.29) is 12.1 Å². The standard InChI is InChI=1S/C17H23N3O2/c1-14(7-5-11-19(2)3)22-17(21)15-8-4-9-16(13-15)20-12-6-10-18-20/h4,6,8-10,12-14H,5,7,11H2,1-3H3. The van der Waals surface area contributed by atoms with E-state index in [0.717, 1.165) is 25.1 Å². The lowest BCUT2D eigenvalue weighted by Gasteiger charge is -2.15. The van der Waals surface area contributed by atoms with E-state index in [1.807, 2.05) is 45.4 Å². The molecule has 0 aliphatic carbocycles. The van der Waals surface area contributed by atoms with Crippen molar-refractivity contribution in [2.24, 2.45) is 0 Å². The molecule has 0 fully saturated rings. The van der Waals surface area contributed by atoms with Crippen molar-refractivity contribution in [3.05, 3.63) is 48.3 Å². The Labute approximate surface area is 131 Å². The van der Waals surface area contributed by atoms with Gasteiger partial charge in [-0.3, -0.25) is 0 Å². The number of benzene rings is 1. The van der Waals surface area contributed by atoms with Crippen molar-refractivity contribution >= 4 is 5.97 Å². The summed E-state index contributed by atoms with van der Waals surface area (Å²) < 4.78 is 7.22. The van der Waals surface area contributed by atoms with Gasteiger partial charge in [-0.05, 0) is 64.7 Å². The maximum absolute atomic E-state index is 12.2. The Kier molecular flexibility index (Phi) is 5.72. The van der Waals surface area contributed by atoms with Crippen LogP contribution in [0.25, 0.3) is 5.69 Å². The van der Waals surface area contributed by atoms with Gasteiger partial charge in [-0.15, -0.1) is 0 Å². The lowest BCUT2D eigenvalue weighted by molar-refractivity contribution is 0.0317. The molecule has 2 aromatic rings. The minimum absolute atomic E-state index is 0.0826. The van der Waals surface area contributed by atoms with Gasteiger partial charge in [0.05, 0.1) is 17.4 Å². The van der Waals surface area contributed by atoms with Gasteiger partial charge in [0.15, 0.2) is 0 Å². The first-order chi connectivity index (χ1) is 10.6. The van der Waals surface area contributed by atoms with E-state index in [0.29, 0.717) is 5.56 Å². The summed E-state index contributed by atoms with van der Waals surface area (Å²) in [5, 5.41) is 4.16. The van der Waals surface area contributed by atoms with Crippen molar-refractivity contribution in [3.63, 3.8) is 0 Å². The Morgan fingerprint density at radius 3 is 2.86 bits per heavy atom. The van der Waals surface area contributed by atoms with E-state index >= 15 is 0 Å². The van der Waals surface area contributed by atoms with Crippen molar-refractivity contribution in [2.45, 2.75) is 25.9 Å². The van der Waals surface area contributed by atoms with Crippen LogP contribution in [0.2, 0.25) is 0 Å². The van der Waals surface area contributed by atoms with Gasteiger partial charge in [0, 0.05) is 12.4 Å². The topological polar surface area (TPSA) is 47.4 Å². The highest BCUT2D eigenvalue weighted by Gasteiger charge is 2.13. The van der Waals surface area contributed by atoms with Crippen LogP contribution in [0, 0.1) is 0 Å². The van der Waals surface area contributed by atoms with Gasteiger partial charge in [-0.2, -0.15) is 5.10 Å². The summed E-state index contributed by atoms with van der Waals surface area (Å²) in [7, 11) is 4.08. The van der Waals surface area contributed by atoms with Crippen molar-refractivity contribution in [3.8, 4) is 5.69 Å².